The number of rotatable bonds is 6. The van der Waals surface area contributed by atoms with Crippen molar-refractivity contribution < 1.29 is 0 Å². The first-order valence-corrected chi connectivity index (χ1v) is 6.29. The van der Waals surface area contributed by atoms with Gasteiger partial charge in [0.2, 0.25) is 0 Å². The molecule has 0 heterocycles. The Morgan fingerprint density at radius 1 is 0.933 bits per heavy atom. The van der Waals surface area contributed by atoms with Gasteiger partial charge in [0, 0.05) is 0 Å². The first kappa shape index (κ1) is 12.3. The SMILES string of the molecule is CCCC(CCC(C)C)c1ccccc1. The lowest BCUT2D eigenvalue weighted by Crippen LogP contribution is -2.00. The Balaban J connectivity index is 2.57. The highest BCUT2D eigenvalue weighted by Gasteiger charge is 2.10. The third-order valence-electron chi connectivity index (χ3n) is 3.00. The molecule has 0 heteroatoms. The van der Waals surface area contributed by atoms with Crippen LogP contribution in [-0.4, -0.2) is 0 Å². The predicted molar refractivity (Wildman–Crippen MR) is 68.2 cm³/mol. The number of hydrogen-bond donors (Lipinski definition) is 0. The Kier molecular flexibility index (Phi) is 5.45. The normalized spacial score (nSPS) is 13.1. The molecule has 0 amide bonds. The van der Waals surface area contributed by atoms with Gasteiger partial charge in [-0.05, 0) is 30.2 Å². The summed E-state index contributed by atoms with van der Waals surface area (Å²) in [4.78, 5) is 0. The first-order chi connectivity index (χ1) is 7.24. The molecule has 0 aromatic heterocycles. The summed E-state index contributed by atoms with van der Waals surface area (Å²) in [7, 11) is 0. The molecule has 1 aromatic carbocycles. The van der Waals surface area contributed by atoms with Crippen molar-refractivity contribution >= 4 is 0 Å². The fraction of sp³-hybridized carbons (Fsp3) is 0.600. The Morgan fingerprint density at radius 2 is 1.60 bits per heavy atom. The molecule has 0 radical (unpaired) electrons. The van der Waals surface area contributed by atoms with Gasteiger partial charge in [0.15, 0.2) is 0 Å². The lowest BCUT2D eigenvalue weighted by Gasteiger charge is -2.17. The molecule has 0 saturated heterocycles. The second kappa shape index (κ2) is 6.66. The van der Waals surface area contributed by atoms with E-state index in [9.17, 15) is 0 Å². The van der Waals surface area contributed by atoms with Gasteiger partial charge in [-0.3, -0.25) is 0 Å². The van der Waals surface area contributed by atoms with Gasteiger partial charge >= 0.3 is 0 Å². The van der Waals surface area contributed by atoms with E-state index in [4.69, 9.17) is 0 Å². The summed E-state index contributed by atoms with van der Waals surface area (Å²) >= 11 is 0. The van der Waals surface area contributed by atoms with Crippen LogP contribution in [0.5, 0.6) is 0 Å². The van der Waals surface area contributed by atoms with E-state index < -0.39 is 0 Å². The van der Waals surface area contributed by atoms with Crippen LogP contribution in [0.25, 0.3) is 0 Å². The van der Waals surface area contributed by atoms with Gasteiger partial charge < -0.3 is 0 Å². The van der Waals surface area contributed by atoms with E-state index in [0.717, 1.165) is 11.8 Å². The van der Waals surface area contributed by atoms with Gasteiger partial charge in [-0.25, -0.2) is 0 Å². The molecule has 0 fully saturated rings. The van der Waals surface area contributed by atoms with Crippen LogP contribution in [0.3, 0.4) is 0 Å². The maximum atomic E-state index is 2.31. The van der Waals surface area contributed by atoms with Crippen molar-refractivity contribution in [3.63, 3.8) is 0 Å². The van der Waals surface area contributed by atoms with Crippen LogP contribution in [0.2, 0.25) is 0 Å². The Morgan fingerprint density at radius 3 is 2.13 bits per heavy atom. The van der Waals surface area contributed by atoms with E-state index in [1.807, 2.05) is 0 Å². The van der Waals surface area contributed by atoms with Crippen molar-refractivity contribution in [2.45, 2.75) is 52.4 Å². The van der Waals surface area contributed by atoms with Gasteiger partial charge in [-0.15, -0.1) is 0 Å². The summed E-state index contributed by atoms with van der Waals surface area (Å²) in [6, 6.07) is 11.0. The van der Waals surface area contributed by atoms with Gasteiger partial charge in [-0.1, -0.05) is 63.9 Å². The maximum absolute atomic E-state index is 2.31. The maximum Gasteiger partial charge on any atom is -0.0162 e. The largest absolute Gasteiger partial charge is 0.0654 e. The molecule has 0 bridgehead atoms. The first-order valence-electron chi connectivity index (χ1n) is 6.29. The number of hydrogen-bond acceptors (Lipinski definition) is 0. The van der Waals surface area contributed by atoms with Crippen molar-refractivity contribution in [3.8, 4) is 0 Å². The molecule has 15 heavy (non-hydrogen) atoms. The molecule has 0 N–H and O–H groups in total. The molecule has 0 saturated carbocycles. The second-order valence-corrected chi connectivity index (χ2v) is 4.87. The zero-order chi connectivity index (χ0) is 11.1. The number of benzene rings is 1. The van der Waals surface area contributed by atoms with E-state index in [-0.39, 0.29) is 0 Å². The summed E-state index contributed by atoms with van der Waals surface area (Å²) in [5.41, 5.74) is 1.53. The van der Waals surface area contributed by atoms with Crippen LogP contribution in [0.4, 0.5) is 0 Å². The van der Waals surface area contributed by atoms with Crippen molar-refractivity contribution in [2.24, 2.45) is 5.92 Å². The minimum atomic E-state index is 0.776. The summed E-state index contributed by atoms with van der Waals surface area (Å²) in [6.45, 7) is 6.91. The molecule has 1 aromatic rings. The Bertz CT molecular complexity index is 248. The van der Waals surface area contributed by atoms with Crippen LogP contribution in [0, 0.1) is 5.92 Å². The highest BCUT2D eigenvalue weighted by Crippen LogP contribution is 2.27. The monoisotopic (exact) mass is 204 g/mol. The summed E-state index contributed by atoms with van der Waals surface area (Å²) in [6.07, 6.45) is 5.31. The molecular weight excluding hydrogens is 180 g/mol. The standard InChI is InChI=1S/C15H24/c1-4-8-14(12-11-13(2)3)15-9-6-5-7-10-15/h5-7,9-10,13-14H,4,8,11-12H2,1-3H3. The minimum Gasteiger partial charge on any atom is -0.0654 e. The topological polar surface area (TPSA) is 0 Å². The van der Waals surface area contributed by atoms with E-state index >= 15 is 0 Å². The molecule has 0 nitrogen and oxygen atoms in total. The van der Waals surface area contributed by atoms with Crippen LogP contribution in [-0.2, 0) is 0 Å². The van der Waals surface area contributed by atoms with Gasteiger partial charge in [0.1, 0.15) is 0 Å². The molecule has 1 atom stereocenters. The van der Waals surface area contributed by atoms with Crippen LogP contribution in [0.1, 0.15) is 57.9 Å². The average Bonchev–Trinajstić information content (AvgIpc) is 2.25. The summed E-state index contributed by atoms with van der Waals surface area (Å²) in [5, 5.41) is 0. The zero-order valence-electron chi connectivity index (χ0n) is 10.4. The lowest BCUT2D eigenvalue weighted by molar-refractivity contribution is 0.478. The Hall–Kier alpha value is -0.780. The van der Waals surface area contributed by atoms with Crippen molar-refractivity contribution in [3.05, 3.63) is 35.9 Å². The van der Waals surface area contributed by atoms with Gasteiger partial charge in [0.05, 0.1) is 0 Å². The molecule has 0 spiro atoms. The third kappa shape index (κ3) is 4.51. The molecule has 84 valence electrons. The average molecular weight is 204 g/mol. The molecule has 0 aliphatic carbocycles. The van der Waals surface area contributed by atoms with E-state index in [1.54, 1.807) is 0 Å². The highest BCUT2D eigenvalue weighted by molar-refractivity contribution is 5.19. The van der Waals surface area contributed by atoms with E-state index in [2.05, 4.69) is 51.1 Å². The minimum absolute atomic E-state index is 0.776. The van der Waals surface area contributed by atoms with Crippen LogP contribution >= 0.6 is 0 Å². The molecule has 0 aliphatic rings. The van der Waals surface area contributed by atoms with Crippen molar-refractivity contribution in [1.82, 2.24) is 0 Å². The van der Waals surface area contributed by atoms with Gasteiger partial charge in [0.25, 0.3) is 0 Å². The lowest BCUT2D eigenvalue weighted by atomic mass is 9.88. The Labute approximate surface area is 94.7 Å². The second-order valence-electron chi connectivity index (χ2n) is 4.87. The highest BCUT2D eigenvalue weighted by atomic mass is 14.2. The van der Waals surface area contributed by atoms with E-state index in [0.29, 0.717) is 0 Å². The zero-order valence-corrected chi connectivity index (χ0v) is 10.4. The van der Waals surface area contributed by atoms with Crippen LogP contribution < -0.4 is 0 Å². The quantitative estimate of drug-likeness (QED) is 0.611. The summed E-state index contributed by atoms with van der Waals surface area (Å²) < 4.78 is 0. The third-order valence-corrected chi connectivity index (χ3v) is 3.00. The van der Waals surface area contributed by atoms with Gasteiger partial charge in [-0.2, -0.15) is 0 Å². The van der Waals surface area contributed by atoms with E-state index in [1.165, 1.54) is 31.2 Å². The molecular formula is C15H24. The fourth-order valence-corrected chi connectivity index (χ4v) is 2.09. The predicted octanol–water partition coefficient (Wildman–Crippen LogP) is 5.01. The smallest absolute Gasteiger partial charge is 0.0162 e. The fourth-order valence-electron chi connectivity index (χ4n) is 2.09. The molecule has 1 rings (SSSR count). The van der Waals surface area contributed by atoms with Crippen molar-refractivity contribution in [1.29, 1.82) is 0 Å². The molecule has 1 unspecified atom stereocenters. The van der Waals surface area contributed by atoms with Crippen LogP contribution in [0.15, 0.2) is 30.3 Å². The van der Waals surface area contributed by atoms with Crippen molar-refractivity contribution in [2.75, 3.05) is 0 Å². The molecule has 0 aliphatic heterocycles. The summed E-state index contributed by atoms with van der Waals surface area (Å²) in [5.74, 6) is 1.60.